The van der Waals surface area contributed by atoms with Crippen molar-refractivity contribution < 1.29 is 0 Å². The number of nitrogens with one attached hydrogen (secondary N) is 1. The zero-order chi connectivity index (χ0) is 14.9. The van der Waals surface area contributed by atoms with E-state index in [0.29, 0.717) is 0 Å². The van der Waals surface area contributed by atoms with Crippen LogP contribution < -0.4 is 5.32 Å². The number of hydrogen-bond donors (Lipinski definition) is 1. The van der Waals surface area contributed by atoms with Crippen LogP contribution in [0.5, 0.6) is 0 Å². The third-order valence-electron chi connectivity index (χ3n) is 4.10. The predicted octanol–water partition coefficient (Wildman–Crippen LogP) is 4.08. The monoisotopic (exact) mass is 310 g/mol. The molecule has 1 aliphatic heterocycles. The highest BCUT2D eigenvalue weighted by Gasteiger charge is 2.30. The summed E-state index contributed by atoms with van der Waals surface area (Å²) in [6, 6.07) is 18.6. The maximum absolute atomic E-state index is 6.37. The average Bonchev–Trinajstić information content (AvgIpc) is 3.03. The Morgan fingerprint density at radius 3 is 2.64 bits per heavy atom. The Bertz CT molecular complexity index is 784. The summed E-state index contributed by atoms with van der Waals surface area (Å²) in [5.41, 5.74) is 2.33. The van der Waals surface area contributed by atoms with Gasteiger partial charge in [-0.1, -0.05) is 60.1 Å². The van der Waals surface area contributed by atoms with Crippen molar-refractivity contribution in [3.8, 4) is 0 Å². The maximum atomic E-state index is 6.37. The number of benzene rings is 2. The van der Waals surface area contributed by atoms with Crippen LogP contribution in [0.4, 0.5) is 5.95 Å². The Labute approximate surface area is 133 Å². The molecule has 0 radical (unpaired) electrons. The molecule has 1 aromatic heterocycles. The van der Waals surface area contributed by atoms with Crippen molar-refractivity contribution in [2.45, 2.75) is 18.5 Å². The fourth-order valence-electron chi connectivity index (χ4n) is 3.03. The summed E-state index contributed by atoms with van der Waals surface area (Å²) in [6.07, 6.45) is 2.47. The summed E-state index contributed by atoms with van der Waals surface area (Å²) < 4.78 is 1.95. The van der Waals surface area contributed by atoms with Crippen LogP contribution in [0, 0.1) is 0 Å². The number of rotatable bonds is 2. The van der Waals surface area contributed by atoms with E-state index in [0.717, 1.165) is 23.0 Å². The molecule has 4 rings (SSSR count). The molecule has 1 N–H and O–H groups in total. The second-order valence-electron chi connectivity index (χ2n) is 5.41. The van der Waals surface area contributed by atoms with E-state index in [2.05, 4.69) is 45.7 Å². The number of anilines is 1. The zero-order valence-electron chi connectivity index (χ0n) is 11.9. The molecule has 110 valence electrons. The van der Waals surface area contributed by atoms with Crippen LogP contribution in [0.15, 0.2) is 60.9 Å². The number of aromatic nitrogens is 3. The Kier molecular flexibility index (Phi) is 3.31. The van der Waals surface area contributed by atoms with Gasteiger partial charge < -0.3 is 5.32 Å². The SMILES string of the molecule is Clc1ccccc1[C@@H]1C[C@@H](c2ccccc2)n2ncnc2N1. The molecule has 3 aromatic rings. The first kappa shape index (κ1) is 13.3. The molecule has 0 saturated carbocycles. The fourth-order valence-corrected chi connectivity index (χ4v) is 3.30. The first-order valence-electron chi connectivity index (χ1n) is 7.28. The van der Waals surface area contributed by atoms with Crippen molar-refractivity contribution in [3.63, 3.8) is 0 Å². The van der Waals surface area contributed by atoms with E-state index in [4.69, 9.17) is 11.6 Å². The normalized spacial score (nSPS) is 20.2. The third-order valence-corrected chi connectivity index (χ3v) is 4.44. The molecule has 0 saturated heterocycles. The molecule has 0 amide bonds. The van der Waals surface area contributed by atoms with E-state index in [1.807, 2.05) is 28.9 Å². The molecule has 22 heavy (non-hydrogen) atoms. The molecule has 1 aliphatic rings. The van der Waals surface area contributed by atoms with E-state index in [1.165, 1.54) is 5.56 Å². The first-order chi connectivity index (χ1) is 10.8. The minimum absolute atomic E-state index is 0.121. The van der Waals surface area contributed by atoms with Crippen LogP contribution in [-0.4, -0.2) is 14.8 Å². The Morgan fingerprint density at radius 1 is 1.05 bits per heavy atom. The van der Waals surface area contributed by atoms with E-state index < -0.39 is 0 Å². The molecule has 2 aromatic carbocycles. The van der Waals surface area contributed by atoms with E-state index in [1.54, 1.807) is 6.33 Å². The summed E-state index contributed by atoms with van der Waals surface area (Å²) in [4.78, 5) is 4.34. The van der Waals surface area contributed by atoms with Crippen LogP contribution in [0.3, 0.4) is 0 Å². The first-order valence-corrected chi connectivity index (χ1v) is 7.66. The lowest BCUT2D eigenvalue weighted by Crippen LogP contribution is -2.28. The topological polar surface area (TPSA) is 42.7 Å². The van der Waals surface area contributed by atoms with Crippen molar-refractivity contribution in [1.29, 1.82) is 0 Å². The summed E-state index contributed by atoms with van der Waals surface area (Å²) >= 11 is 6.37. The highest BCUT2D eigenvalue weighted by Crippen LogP contribution is 2.39. The van der Waals surface area contributed by atoms with Gasteiger partial charge in [-0.3, -0.25) is 0 Å². The molecule has 0 bridgehead atoms. The van der Waals surface area contributed by atoms with Gasteiger partial charge >= 0.3 is 0 Å². The molecule has 0 fully saturated rings. The van der Waals surface area contributed by atoms with Gasteiger partial charge in [0, 0.05) is 5.02 Å². The molecule has 0 spiro atoms. The summed E-state index contributed by atoms with van der Waals surface area (Å²) in [5, 5.41) is 8.59. The minimum atomic E-state index is 0.121. The quantitative estimate of drug-likeness (QED) is 0.775. The van der Waals surface area contributed by atoms with Gasteiger partial charge in [0.15, 0.2) is 0 Å². The van der Waals surface area contributed by atoms with Crippen LogP contribution in [0.1, 0.15) is 29.6 Å². The molecule has 0 aliphatic carbocycles. The van der Waals surface area contributed by atoms with Crippen molar-refractivity contribution in [3.05, 3.63) is 77.1 Å². The lowest BCUT2D eigenvalue weighted by atomic mass is 9.93. The van der Waals surface area contributed by atoms with E-state index >= 15 is 0 Å². The lowest BCUT2D eigenvalue weighted by Gasteiger charge is -2.32. The van der Waals surface area contributed by atoms with Gasteiger partial charge in [-0.05, 0) is 23.6 Å². The standard InChI is InChI=1S/C17H15ClN4/c18-14-9-5-4-8-13(14)15-10-16(12-6-2-1-3-7-12)22-17(21-15)19-11-20-22/h1-9,11,15-16H,10H2,(H,19,20,21)/t15-,16-/m0/s1. The molecule has 2 atom stereocenters. The molecular formula is C17H15ClN4. The molecule has 5 heteroatoms. The number of halogens is 1. The third kappa shape index (κ3) is 2.25. The predicted molar refractivity (Wildman–Crippen MR) is 87.0 cm³/mol. The van der Waals surface area contributed by atoms with Crippen LogP contribution in [0.2, 0.25) is 5.02 Å². The Balaban J connectivity index is 1.76. The van der Waals surface area contributed by atoms with Gasteiger partial charge in [0.25, 0.3) is 0 Å². The second-order valence-corrected chi connectivity index (χ2v) is 5.82. The molecule has 2 heterocycles. The second kappa shape index (κ2) is 5.46. The maximum Gasteiger partial charge on any atom is 0.222 e. The van der Waals surface area contributed by atoms with Gasteiger partial charge in [0.1, 0.15) is 6.33 Å². The van der Waals surface area contributed by atoms with Gasteiger partial charge in [-0.25, -0.2) is 4.68 Å². The van der Waals surface area contributed by atoms with Crippen molar-refractivity contribution >= 4 is 17.5 Å². The fraction of sp³-hybridized carbons (Fsp3) is 0.176. The summed E-state index contributed by atoms with van der Waals surface area (Å²) in [5.74, 6) is 0.782. The molecular weight excluding hydrogens is 296 g/mol. The number of hydrogen-bond acceptors (Lipinski definition) is 3. The van der Waals surface area contributed by atoms with E-state index in [9.17, 15) is 0 Å². The van der Waals surface area contributed by atoms with Crippen molar-refractivity contribution in [2.75, 3.05) is 5.32 Å². The average molecular weight is 311 g/mol. The van der Waals surface area contributed by atoms with Gasteiger partial charge in [-0.2, -0.15) is 10.1 Å². The van der Waals surface area contributed by atoms with E-state index in [-0.39, 0.29) is 12.1 Å². The lowest BCUT2D eigenvalue weighted by molar-refractivity contribution is 0.431. The Hall–Kier alpha value is -2.33. The van der Waals surface area contributed by atoms with Crippen molar-refractivity contribution in [2.24, 2.45) is 0 Å². The van der Waals surface area contributed by atoms with Gasteiger partial charge in [0.05, 0.1) is 12.1 Å². The smallest absolute Gasteiger partial charge is 0.222 e. The summed E-state index contributed by atoms with van der Waals surface area (Å²) in [7, 11) is 0. The molecule has 4 nitrogen and oxygen atoms in total. The number of nitrogens with zero attached hydrogens (tertiary/aromatic N) is 3. The molecule has 0 unspecified atom stereocenters. The van der Waals surface area contributed by atoms with Gasteiger partial charge in [0.2, 0.25) is 5.95 Å². The minimum Gasteiger partial charge on any atom is -0.347 e. The largest absolute Gasteiger partial charge is 0.347 e. The van der Waals surface area contributed by atoms with Crippen LogP contribution in [-0.2, 0) is 0 Å². The Morgan fingerprint density at radius 2 is 1.82 bits per heavy atom. The van der Waals surface area contributed by atoms with Crippen LogP contribution in [0.25, 0.3) is 0 Å². The highest BCUT2D eigenvalue weighted by molar-refractivity contribution is 6.31. The zero-order valence-corrected chi connectivity index (χ0v) is 12.6. The van der Waals surface area contributed by atoms with Crippen LogP contribution >= 0.6 is 11.6 Å². The van der Waals surface area contributed by atoms with Crippen molar-refractivity contribution in [1.82, 2.24) is 14.8 Å². The van der Waals surface area contributed by atoms with Gasteiger partial charge in [-0.15, -0.1) is 0 Å². The number of fused-ring (bicyclic) bond motifs is 1. The summed E-state index contributed by atoms with van der Waals surface area (Å²) in [6.45, 7) is 0. The highest BCUT2D eigenvalue weighted by atomic mass is 35.5.